The number of ether oxygens (including phenoxy) is 1. The number of rotatable bonds is 4. The largest absolute Gasteiger partial charge is 0.457 e. The van der Waals surface area contributed by atoms with E-state index in [1.807, 2.05) is 0 Å². The molecule has 0 unspecified atom stereocenters. The Hall–Kier alpha value is -5.08. The molecular formula is C49H43NO. The van der Waals surface area contributed by atoms with E-state index in [0.717, 1.165) is 23.3 Å². The number of anilines is 3. The Bertz CT molecular complexity index is 2320. The lowest BCUT2D eigenvalue weighted by atomic mass is 9.42. The van der Waals surface area contributed by atoms with Crippen LogP contribution in [0, 0.1) is 23.7 Å². The molecule has 4 saturated carbocycles. The Morgan fingerprint density at radius 1 is 0.490 bits per heavy atom. The summed E-state index contributed by atoms with van der Waals surface area (Å²) in [5, 5.41) is 0. The molecule has 4 bridgehead atoms. The van der Waals surface area contributed by atoms with Crippen LogP contribution in [0.3, 0.4) is 0 Å². The SMILES string of the molecule is CC1(C)c2ccccc2-c2ccc(N(c3ccc4c(c3)C3(c5ccccc5O4)[C@H]4C[C@@H]5C[C@@H](C[C@@H]3C5)C4)c3ccccc3-c3ccccc3)cc21. The summed E-state index contributed by atoms with van der Waals surface area (Å²) < 4.78 is 6.85. The number of para-hydroxylation sites is 2. The third kappa shape index (κ3) is 4.11. The minimum absolute atomic E-state index is 0.0141. The van der Waals surface area contributed by atoms with Gasteiger partial charge in [-0.15, -0.1) is 0 Å². The zero-order valence-electron chi connectivity index (χ0n) is 29.5. The lowest BCUT2D eigenvalue weighted by molar-refractivity contribution is -0.0452. The van der Waals surface area contributed by atoms with Crippen molar-refractivity contribution < 1.29 is 4.74 Å². The molecule has 12 rings (SSSR count). The van der Waals surface area contributed by atoms with Gasteiger partial charge in [-0.1, -0.05) is 111 Å². The Labute approximate surface area is 301 Å². The van der Waals surface area contributed by atoms with Gasteiger partial charge in [0.2, 0.25) is 0 Å². The highest BCUT2D eigenvalue weighted by Crippen LogP contribution is 2.69. The molecule has 51 heavy (non-hydrogen) atoms. The van der Waals surface area contributed by atoms with E-state index in [9.17, 15) is 0 Å². The first-order valence-electron chi connectivity index (χ1n) is 19.1. The van der Waals surface area contributed by atoms with Crippen LogP contribution < -0.4 is 9.64 Å². The second kappa shape index (κ2) is 10.7. The van der Waals surface area contributed by atoms with Crippen LogP contribution in [-0.4, -0.2) is 0 Å². The van der Waals surface area contributed by atoms with Crippen molar-refractivity contribution in [3.8, 4) is 33.8 Å². The minimum Gasteiger partial charge on any atom is -0.457 e. The molecule has 4 fully saturated rings. The van der Waals surface area contributed by atoms with E-state index in [1.54, 1.807) is 0 Å². The lowest BCUT2D eigenvalue weighted by Crippen LogP contribution is -2.57. The molecule has 1 heterocycles. The maximum absolute atomic E-state index is 6.85. The second-order valence-corrected chi connectivity index (χ2v) is 16.6. The van der Waals surface area contributed by atoms with Gasteiger partial charge in [-0.25, -0.2) is 0 Å². The summed E-state index contributed by atoms with van der Waals surface area (Å²) in [6.07, 6.45) is 6.80. The van der Waals surface area contributed by atoms with Crippen molar-refractivity contribution in [2.45, 2.75) is 56.8 Å². The normalized spacial score (nSPS) is 25.5. The average Bonchev–Trinajstić information content (AvgIpc) is 3.39. The van der Waals surface area contributed by atoms with Gasteiger partial charge in [0, 0.05) is 38.9 Å². The summed E-state index contributed by atoms with van der Waals surface area (Å²) >= 11 is 0. The maximum Gasteiger partial charge on any atom is 0.131 e. The molecule has 2 nitrogen and oxygen atoms in total. The molecule has 0 radical (unpaired) electrons. The molecular weight excluding hydrogens is 619 g/mol. The van der Waals surface area contributed by atoms with E-state index < -0.39 is 0 Å². The van der Waals surface area contributed by atoms with Crippen LogP contribution in [0.25, 0.3) is 22.3 Å². The van der Waals surface area contributed by atoms with E-state index >= 15 is 0 Å². The van der Waals surface area contributed by atoms with Gasteiger partial charge in [0.05, 0.1) is 5.69 Å². The Kier molecular flexibility index (Phi) is 6.23. The number of fused-ring (bicyclic) bond motifs is 5. The number of benzene rings is 6. The summed E-state index contributed by atoms with van der Waals surface area (Å²) in [6.45, 7) is 4.76. The van der Waals surface area contributed by atoms with Gasteiger partial charge in [-0.05, 0) is 126 Å². The van der Waals surface area contributed by atoms with E-state index in [0.29, 0.717) is 11.8 Å². The van der Waals surface area contributed by atoms with Crippen molar-refractivity contribution in [3.05, 3.63) is 162 Å². The van der Waals surface area contributed by atoms with Crippen LogP contribution in [-0.2, 0) is 10.8 Å². The highest BCUT2D eigenvalue weighted by molar-refractivity contribution is 5.91. The monoisotopic (exact) mass is 661 g/mol. The topological polar surface area (TPSA) is 12.5 Å². The molecule has 0 amide bonds. The number of hydrogen-bond acceptors (Lipinski definition) is 2. The molecule has 6 aromatic rings. The van der Waals surface area contributed by atoms with Crippen LogP contribution in [0.2, 0.25) is 0 Å². The quantitative estimate of drug-likeness (QED) is 0.186. The van der Waals surface area contributed by atoms with Gasteiger partial charge in [0.1, 0.15) is 11.5 Å². The van der Waals surface area contributed by atoms with Crippen LogP contribution >= 0.6 is 0 Å². The third-order valence-corrected chi connectivity index (χ3v) is 13.7. The summed E-state index contributed by atoms with van der Waals surface area (Å²) in [7, 11) is 0. The first-order chi connectivity index (χ1) is 25.0. The fraction of sp³-hybridized carbons (Fsp3) is 0.265. The van der Waals surface area contributed by atoms with Crippen LogP contribution in [0.1, 0.15) is 68.2 Å². The Morgan fingerprint density at radius 2 is 1.06 bits per heavy atom. The van der Waals surface area contributed by atoms with Crippen molar-refractivity contribution >= 4 is 17.1 Å². The minimum atomic E-state index is -0.0929. The second-order valence-electron chi connectivity index (χ2n) is 16.6. The molecule has 0 aromatic heterocycles. The van der Waals surface area contributed by atoms with E-state index in [-0.39, 0.29) is 10.8 Å². The van der Waals surface area contributed by atoms with Gasteiger partial charge in [-0.3, -0.25) is 0 Å². The van der Waals surface area contributed by atoms with Crippen molar-refractivity contribution in [2.75, 3.05) is 4.90 Å². The molecule has 5 aliphatic carbocycles. The molecule has 0 saturated heterocycles. The van der Waals surface area contributed by atoms with Gasteiger partial charge in [0.25, 0.3) is 0 Å². The van der Waals surface area contributed by atoms with Crippen molar-refractivity contribution in [1.82, 2.24) is 0 Å². The fourth-order valence-corrected chi connectivity index (χ4v) is 11.8. The van der Waals surface area contributed by atoms with Crippen LogP contribution in [0.4, 0.5) is 17.1 Å². The average molecular weight is 662 g/mol. The standard InChI is InChI=1S/C49H43NO/c1-48(2)41-16-8-6-15-39(41)40-22-20-36(29-43(40)48)50(45-18-10-7-14-38(45)33-12-4-3-5-13-33)37-21-23-47-44(30-37)49(42-17-9-11-19-46(42)51-47)34-25-31-24-32(27-34)28-35(49)26-31/h3-23,29-32,34-35H,24-28H2,1-2H3/t31-,32+,34-,35-,49?. The number of nitrogens with zero attached hydrogens (tertiary/aromatic N) is 1. The molecule has 2 heteroatoms. The molecule has 0 N–H and O–H groups in total. The van der Waals surface area contributed by atoms with Gasteiger partial charge < -0.3 is 9.64 Å². The third-order valence-electron chi connectivity index (χ3n) is 13.7. The lowest BCUT2D eigenvalue weighted by Gasteiger charge is -2.63. The van der Waals surface area contributed by atoms with Crippen LogP contribution in [0.5, 0.6) is 11.5 Å². The summed E-state index contributed by atoms with van der Waals surface area (Å²) in [6, 6.07) is 52.1. The zero-order valence-corrected chi connectivity index (χ0v) is 29.5. The van der Waals surface area contributed by atoms with Crippen molar-refractivity contribution in [3.63, 3.8) is 0 Å². The smallest absolute Gasteiger partial charge is 0.131 e. The molecule has 250 valence electrons. The zero-order chi connectivity index (χ0) is 33.9. The molecule has 1 spiro atoms. The molecule has 6 aliphatic rings. The van der Waals surface area contributed by atoms with Gasteiger partial charge in [-0.2, -0.15) is 0 Å². The van der Waals surface area contributed by atoms with Crippen LogP contribution in [0.15, 0.2) is 140 Å². The first-order valence-corrected chi connectivity index (χ1v) is 19.1. The van der Waals surface area contributed by atoms with Gasteiger partial charge in [0.15, 0.2) is 0 Å². The predicted octanol–water partition coefficient (Wildman–Crippen LogP) is 13.0. The predicted molar refractivity (Wildman–Crippen MR) is 208 cm³/mol. The maximum atomic E-state index is 6.85. The summed E-state index contributed by atoms with van der Waals surface area (Å²) in [4.78, 5) is 2.53. The molecule has 0 atom stereocenters. The molecule has 6 aromatic carbocycles. The highest BCUT2D eigenvalue weighted by Gasteiger charge is 2.61. The first kappa shape index (κ1) is 29.6. The van der Waals surface area contributed by atoms with Crippen molar-refractivity contribution in [1.29, 1.82) is 0 Å². The number of hydrogen-bond donors (Lipinski definition) is 0. The Morgan fingerprint density at radius 3 is 1.82 bits per heavy atom. The van der Waals surface area contributed by atoms with E-state index in [1.165, 1.54) is 93.7 Å². The van der Waals surface area contributed by atoms with Crippen molar-refractivity contribution in [2.24, 2.45) is 23.7 Å². The van der Waals surface area contributed by atoms with E-state index in [4.69, 9.17) is 4.74 Å². The highest BCUT2D eigenvalue weighted by atomic mass is 16.5. The van der Waals surface area contributed by atoms with E-state index in [2.05, 4.69) is 158 Å². The Balaban J connectivity index is 1.15. The summed E-state index contributed by atoms with van der Waals surface area (Å²) in [5.74, 6) is 5.18. The molecule has 1 aliphatic heterocycles. The fourth-order valence-electron chi connectivity index (χ4n) is 11.8. The van der Waals surface area contributed by atoms with Gasteiger partial charge >= 0.3 is 0 Å². The summed E-state index contributed by atoms with van der Waals surface area (Å²) in [5.41, 5.74) is 14.2.